The first-order valence-electron chi connectivity index (χ1n) is 4.90. The van der Waals surface area contributed by atoms with Gasteiger partial charge in [-0.05, 0) is 43.5 Å². The second-order valence-electron chi connectivity index (χ2n) is 4.19. The third kappa shape index (κ3) is 3.33. The SMILES string of the molecule is CC(C=O)=Cc1ccc(C(C)(C)O)cc1. The molecule has 0 aromatic heterocycles. The lowest BCUT2D eigenvalue weighted by Gasteiger charge is -2.17. The standard InChI is InChI=1S/C13H16O2/c1-10(9-14)8-11-4-6-12(7-5-11)13(2,3)15/h4-9,15H,1-3H3. The minimum absolute atomic E-state index is 0.686. The van der Waals surface area contributed by atoms with Crippen molar-refractivity contribution in [1.82, 2.24) is 0 Å². The van der Waals surface area contributed by atoms with Crippen LogP contribution >= 0.6 is 0 Å². The summed E-state index contributed by atoms with van der Waals surface area (Å²) in [6.07, 6.45) is 2.63. The van der Waals surface area contributed by atoms with Crippen LogP contribution < -0.4 is 0 Å². The molecule has 2 nitrogen and oxygen atoms in total. The van der Waals surface area contributed by atoms with E-state index < -0.39 is 5.60 Å². The van der Waals surface area contributed by atoms with E-state index in [-0.39, 0.29) is 0 Å². The lowest BCUT2D eigenvalue weighted by molar-refractivity contribution is -0.104. The molecule has 0 atom stereocenters. The van der Waals surface area contributed by atoms with E-state index in [4.69, 9.17) is 0 Å². The quantitative estimate of drug-likeness (QED) is 0.606. The van der Waals surface area contributed by atoms with Crippen molar-refractivity contribution < 1.29 is 9.90 Å². The molecule has 15 heavy (non-hydrogen) atoms. The predicted octanol–water partition coefficient (Wildman–Crippen LogP) is 2.52. The van der Waals surface area contributed by atoms with Crippen LogP contribution in [0.25, 0.3) is 6.08 Å². The molecule has 0 aliphatic rings. The molecule has 0 saturated heterocycles. The largest absolute Gasteiger partial charge is 0.386 e. The highest BCUT2D eigenvalue weighted by molar-refractivity contribution is 5.80. The molecule has 0 heterocycles. The molecule has 0 unspecified atom stereocenters. The summed E-state index contributed by atoms with van der Waals surface area (Å²) in [5, 5.41) is 9.74. The topological polar surface area (TPSA) is 37.3 Å². The maximum atomic E-state index is 10.4. The Hall–Kier alpha value is -1.41. The first kappa shape index (κ1) is 11.7. The summed E-state index contributed by atoms with van der Waals surface area (Å²) in [7, 11) is 0. The van der Waals surface area contributed by atoms with Gasteiger partial charge in [0.1, 0.15) is 6.29 Å². The van der Waals surface area contributed by atoms with Gasteiger partial charge in [0.2, 0.25) is 0 Å². The van der Waals surface area contributed by atoms with E-state index in [2.05, 4.69) is 0 Å². The predicted molar refractivity (Wildman–Crippen MR) is 61.4 cm³/mol. The van der Waals surface area contributed by atoms with Gasteiger partial charge in [0.05, 0.1) is 5.60 Å². The zero-order valence-corrected chi connectivity index (χ0v) is 9.32. The van der Waals surface area contributed by atoms with Crippen LogP contribution in [0.2, 0.25) is 0 Å². The van der Waals surface area contributed by atoms with E-state index in [1.807, 2.05) is 24.3 Å². The highest BCUT2D eigenvalue weighted by Gasteiger charge is 2.14. The summed E-state index contributed by atoms with van der Waals surface area (Å²) in [4.78, 5) is 10.4. The van der Waals surface area contributed by atoms with Gasteiger partial charge < -0.3 is 5.11 Å². The lowest BCUT2D eigenvalue weighted by atomic mass is 9.97. The number of aliphatic hydroxyl groups is 1. The lowest BCUT2D eigenvalue weighted by Crippen LogP contribution is -2.14. The van der Waals surface area contributed by atoms with Crippen LogP contribution in [0.15, 0.2) is 29.8 Å². The Balaban J connectivity index is 2.96. The number of rotatable bonds is 3. The number of benzene rings is 1. The van der Waals surface area contributed by atoms with Crippen molar-refractivity contribution in [3.8, 4) is 0 Å². The molecule has 80 valence electrons. The highest BCUT2D eigenvalue weighted by Crippen LogP contribution is 2.20. The molecule has 0 amide bonds. The summed E-state index contributed by atoms with van der Waals surface area (Å²) in [6, 6.07) is 7.51. The number of hydrogen-bond acceptors (Lipinski definition) is 2. The number of carbonyl (C=O) groups is 1. The van der Waals surface area contributed by atoms with Gasteiger partial charge in [-0.2, -0.15) is 0 Å². The average molecular weight is 204 g/mol. The third-order valence-corrected chi connectivity index (χ3v) is 2.20. The van der Waals surface area contributed by atoms with Crippen LogP contribution in [-0.4, -0.2) is 11.4 Å². The Bertz CT molecular complexity index is 367. The van der Waals surface area contributed by atoms with Gasteiger partial charge in [0.15, 0.2) is 0 Å². The molecule has 0 radical (unpaired) electrons. The Morgan fingerprint density at radius 3 is 2.20 bits per heavy atom. The van der Waals surface area contributed by atoms with E-state index in [1.54, 1.807) is 26.8 Å². The van der Waals surface area contributed by atoms with Crippen molar-refractivity contribution in [3.05, 3.63) is 41.0 Å². The molecule has 1 rings (SSSR count). The summed E-state index contributed by atoms with van der Waals surface area (Å²) in [5.41, 5.74) is 1.70. The Morgan fingerprint density at radius 2 is 1.80 bits per heavy atom. The van der Waals surface area contributed by atoms with Gasteiger partial charge in [-0.15, -0.1) is 0 Å². The number of hydrogen-bond donors (Lipinski definition) is 1. The van der Waals surface area contributed by atoms with E-state index >= 15 is 0 Å². The number of carbonyl (C=O) groups excluding carboxylic acids is 1. The van der Waals surface area contributed by atoms with Gasteiger partial charge in [-0.1, -0.05) is 24.3 Å². The zero-order chi connectivity index (χ0) is 11.5. The number of allylic oxidation sites excluding steroid dienone is 1. The molecule has 0 aliphatic carbocycles. The van der Waals surface area contributed by atoms with Crippen LogP contribution in [0.4, 0.5) is 0 Å². The fourth-order valence-corrected chi connectivity index (χ4v) is 1.28. The van der Waals surface area contributed by atoms with E-state index in [0.29, 0.717) is 5.57 Å². The molecule has 0 spiro atoms. The highest BCUT2D eigenvalue weighted by atomic mass is 16.3. The summed E-state index contributed by atoms with van der Waals surface area (Å²) < 4.78 is 0. The fourth-order valence-electron chi connectivity index (χ4n) is 1.28. The molecule has 1 aromatic carbocycles. The maximum Gasteiger partial charge on any atom is 0.145 e. The van der Waals surface area contributed by atoms with Crippen molar-refractivity contribution in [3.63, 3.8) is 0 Å². The molecule has 0 bridgehead atoms. The van der Waals surface area contributed by atoms with Gasteiger partial charge in [-0.25, -0.2) is 0 Å². The van der Waals surface area contributed by atoms with Crippen LogP contribution in [-0.2, 0) is 10.4 Å². The molecule has 1 N–H and O–H groups in total. The van der Waals surface area contributed by atoms with Gasteiger partial charge in [0.25, 0.3) is 0 Å². The first-order chi connectivity index (χ1) is 6.93. The van der Waals surface area contributed by atoms with Gasteiger partial charge in [0, 0.05) is 0 Å². The van der Waals surface area contributed by atoms with Crippen molar-refractivity contribution in [2.75, 3.05) is 0 Å². The summed E-state index contributed by atoms with van der Waals surface area (Å²) in [5.74, 6) is 0. The normalized spacial score (nSPS) is 12.7. The second kappa shape index (κ2) is 4.41. The average Bonchev–Trinajstić information content (AvgIpc) is 2.17. The van der Waals surface area contributed by atoms with Crippen molar-refractivity contribution >= 4 is 12.4 Å². The minimum Gasteiger partial charge on any atom is -0.386 e. The number of aldehydes is 1. The van der Waals surface area contributed by atoms with Gasteiger partial charge >= 0.3 is 0 Å². The monoisotopic (exact) mass is 204 g/mol. The van der Waals surface area contributed by atoms with Crippen molar-refractivity contribution in [2.24, 2.45) is 0 Å². The molecule has 2 heteroatoms. The molecular formula is C13H16O2. The smallest absolute Gasteiger partial charge is 0.145 e. The Morgan fingerprint density at radius 1 is 1.27 bits per heavy atom. The first-order valence-corrected chi connectivity index (χ1v) is 4.90. The van der Waals surface area contributed by atoms with Gasteiger partial charge in [-0.3, -0.25) is 4.79 Å². The van der Waals surface area contributed by atoms with E-state index in [1.165, 1.54) is 0 Å². The molecule has 0 aliphatic heterocycles. The Kier molecular flexibility index (Phi) is 3.43. The maximum absolute atomic E-state index is 10.4. The summed E-state index contributed by atoms with van der Waals surface area (Å²) in [6.45, 7) is 5.25. The third-order valence-electron chi connectivity index (χ3n) is 2.20. The van der Waals surface area contributed by atoms with Crippen LogP contribution in [0.5, 0.6) is 0 Å². The zero-order valence-electron chi connectivity index (χ0n) is 9.32. The molecular weight excluding hydrogens is 188 g/mol. The Labute approximate surface area is 90.3 Å². The minimum atomic E-state index is -0.818. The fraction of sp³-hybridized carbons (Fsp3) is 0.308. The van der Waals surface area contributed by atoms with E-state index in [9.17, 15) is 9.90 Å². The molecule has 1 aromatic rings. The summed E-state index contributed by atoms with van der Waals surface area (Å²) >= 11 is 0. The van der Waals surface area contributed by atoms with Crippen molar-refractivity contribution in [2.45, 2.75) is 26.4 Å². The molecule has 0 fully saturated rings. The van der Waals surface area contributed by atoms with E-state index in [0.717, 1.165) is 17.4 Å². The van der Waals surface area contributed by atoms with Crippen LogP contribution in [0.3, 0.4) is 0 Å². The second-order valence-corrected chi connectivity index (χ2v) is 4.19. The van der Waals surface area contributed by atoms with Crippen LogP contribution in [0, 0.1) is 0 Å². The van der Waals surface area contributed by atoms with Crippen molar-refractivity contribution in [1.29, 1.82) is 0 Å². The van der Waals surface area contributed by atoms with Crippen LogP contribution in [0.1, 0.15) is 31.9 Å². The molecule has 0 saturated carbocycles.